The zero-order valence-electron chi connectivity index (χ0n) is 10.1. The summed E-state index contributed by atoms with van der Waals surface area (Å²) in [7, 11) is 0. The fourth-order valence-electron chi connectivity index (χ4n) is 2.48. The Hall–Kier alpha value is -0.810. The highest BCUT2D eigenvalue weighted by Gasteiger charge is 2.34. The van der Waals surface area contributed by atoms with Crippen molar-refractivity contribution in [2.45, 2.75) is 44.1 Å². The van der Waals surface area contributed by atoms with E-state index in [-0.39, 0.29) is 0 Å². The van der Waals surface area contributed by atoms with E-state index in [9.17, 15) is 5.11 Å². The number of hydrogen-bond acceptors (Lipinski definition) is 5. The van der Waals surface area contributed by atoms with Crippen LogP contribution in [0.25, 0.3) is 0 Å². The molecule has 4 nitrogen and oxygen atoms in total. The lowest BCUT2D eigenvalue weighted by Crippen LogP contribution is -2.42. The Labute approximate surface area is 106 Å². The molecule has 94 valence electrons. The molecule has 2 heterocycles. The molecule has 3 N–H and O–H groups in total. The third-order valence-electron chi connectivity index (χ3n) is 3.85. The number of anilines is 2. The highest BCUT2D eigenvalue weighted by atomic mass is 32.1. The van der Waals surface area contributed by atoms with Gasteiger partial charge in [-0.05, 0) is 50.1 Å². The number of rotatable bonds is 2. The molecule has 0 spiro atoms. The quantitative estimate of drug-likeness (QED) is 0.845. The minimum atomic E-state index is -0.494. The summed E-state index contributed by atoms with van der Waals surface area (Å²) in [6, 6.07) is 0. The summed E-state index contributed by atoms with van der Waals surface area (Å²) in [5.41, 5.74) is 6.75. The molecule has 0 atom stereocenters. The minimum Gasteiger partial charge on any atom is -0.390 e. The van der Waals surface area contributed by atoms with E-state index in [4.69, 9.17) is 5.73 Å². The van der Waals surface area contributed by atoms with Crippen molar-refractivity contribution in [3.63, 3.8) is 0 Å². The maximum atomic E-state index is 9.97. The van der Waals surface area contributed by atoms with E-state index < -0.39 is 5.60 Å². The van der Waals surface area contributed by atoms with Crippen molar-refractivity contribution in [3.8, 4) is 0 Å². The smallest absolute Gasteiger partial charge is 0.142 e. The van der Waals surface area contributed by atoms with Crippen molar-refractivity contribution in [3.05, 3.63) is 5.56 Å². The van der Waals surface area contributed by atoms with Crippen LogP contribution in [0.4, 0.5) is 10.8 Å². The molecule has 1 saturated carbocycles. The van der Waals surface area contributed by atoms with Gasteiger partial charge in [-0.15, -0.1) is 0 Å². The van der Waals surface area contributed by atoms with Gasteiger partial charge in [0.2, 0.25) is 0 Å². The molecule has 17 heavy (non-hydrogen) atoms. The monoisotopic (exact) mass is 253 g/mol. The minimum absolute atomic E-state index is 0.494. The van der Waals surface area contributed by atoms with E-state index in [0.29, 0.717) is 5.92 Å². The van der Waals surface area contributed by atoms with Gasteiger partial charge in [-0.25, -0.2) is 0 Å². The van der Waals surface area contributed by atoms with E-state index in [2.05, 4.69) is 9.27 Å². The number of hydrogen-bond donors (Lipinski definition) is 2. The Morgan fingerprint density at radius 2 is 2.06 bits per heavy atom. The van der Waals surface area contributed by atoms with Crippen molar-refractivity contribution < 1.29 is 5.11 Å². The molecule has 0 radical (unpaired) electrons. The second-order valence-corrected chi connectivity index (χ2v) is 6.30. The van der Waals surface area contributed by atoms with Crippen molar-refractivity contribution in [1.82, 2.24) is 4.37 Å². The molecule has 5 heteroatoms. The first-order valence-electron chi connectivity index (χ1n) is 6.29. The van der Waals surface area contributed by atoms with Crippen LogP contribution in [0.1, 0.15) is 44.1 Å². The maximum absolute atomic E-state index is 9.97. The highest BCUT2D eigenvalue weighted by molar-refractivity contribution is 7.10. The molecular weight excluding hydrogens is 234 g/mol. The fraction of sp³-hybridized carbons (Fsp3) is 0.750. The van der Waals surface area contributed by atoms with E-state index in [1.165, 1.54) is 34.9 Å². The number of aromatic nitrogens is 1. The molecule has 1 aromatic heterocycles. The fourth-order valence-corrected chi connectivity index (χ4v) is 3.43. The van der Waals surface area contributed by atoms with Crippen LogP contribution >= 0.6 is 11.5 Å². The van der Waals surface area contributed by atoms with Gasteiger partial charge in [0.05, 0.1) is 5.60 Å². The van der Waals surface area contributed by atoms with Gasteiger partial charge in [0.15, 0.2) is 0 Å². The normalized spacial score (nSPS) is 24.0. The maximum Gasteiger partial charge on any atom is 0.142 e. The van der Waals surface area contributed by atoms with Gasteiger partial charge < -0.3 is 15.7 Å². The van der Waals surface area contributed by atoms with Crippen LogP contribution in [-0.2, 0) is 0 Å². The molecule has 3 rings (SSSR count). The average Bonchev–Trinajstić information content (AvgIpc) is 3.03. The summed E-state index contributed by atoms with van der Waals surface area (Å²) in [6.45, 7) is 3.75. The molecule has 2 fully saturated rings. The van der Waals surface area contributed by atoms with Crippen LogP contribution in [0.2, 0.25) is 0 Å². The molecule has 1 aliphatic carbocycles. The molecule has 1 aromatic rings. The molecule has 0 bridgehead atoms. The number of aliphatic hydroxyl groups is 1. The lowest BCUT2D eigenvalue weighted by Gasteiger charge is -2.36. The van der Waals surface area contributed by atoms with Crippen LogP contribution in [0.3, 0.4) is 0 Å². The zero-order valence-corrected chi connectivity index (χ0v) is 11.0. The van der Waals surface area contributed by atoms with Crippen LogP contribution in [0.5, 0.6) is 0 Å². The Bertz CT molecular complexity index is 415. The Balaban J connectivity index is 1.81. The van der Waals surface area contributed by atoms with Crippen LogP contribution in [0.15, 0.2) is 0 Å². The van der Waals surface area contributed by atoms with Gasteiger partial charge in [-0.2, -0.15) is 4.37 Å². The molecular formula is C12H19N3OS. The summed E-state index contributed by atoms with van der Waals surface area (Å²) in [6.07, 6.45) is 4.16. The molecule has 0 unspecified atom stereocenters. The predicted molar refractivity (Wildman–Crippen MR) is 70.6 cm³/mol. The van der Waals surface area contributed by atoms with E-state index >= 15 is 0 Å². The van der Waals surface area contributed by atoms with Crippen molar-refractivity contribution in [2.24, 2.45) is 0 Å². The summed E-state index contributed by atoms with van der Waals surface area (Å²) < 4.78 is 4.30. The number of nitrogen functional groups attached to an aromatic ring is 1. The van der Waals surface area contributed by atoms with E-state index in [1.807, 2.05) is 6.92 Å². The summed E-state index contributed by atoms with van der Waals surface area (Å²) in [5, 5.41) is 11.2. The first kappa shape index (κ1) is 11.3. The largest absolute Gasteiger partial charge is 0.390 e. The second-order valence-electron chi connectivity index (χ2n) is 5.54. The SMILES string of the molecule is CC1(O)CCN(c2snc(N)c2C2CC2)CC1. The molecule has 1 saturated heterocycles. The highest BCUT2D eigenvalue weighted by Crippen LogP contribution is 2.49. The third-order valence-corrected chi connectivity index (χ3v) is 4.79. The standard InChI is InChI=1S/C12H19N3OS/c1-12(16)4-6-15(7-5-12)11-9(8-2-3-8)10(13)14-17-11/h8,16H,2-7H2,1H3,(H2,13,14). The third kappa shape index (κ3) is 2.13. The molecule has 2 aliphatic rings. The summed E-state index contributed by atoms with van der Waals surface area (Å²) in [4.78, 5) is 2.35. The van der Waals surface area contributed by atoms with Crippen molar-refractivity contribution in [1.29, 1.82) is 0 Å². The van der Waals surface area contributed by atoms with E-state index in [1.54, 1.807) is 0 Å². The van der Waals surface area contributed by atoms with Gasteiger partial charge in [-0.3, -0.25) is 0 Å². The average molecular weight is 253 g/mol. The summed E-state index contributed by atoms with van der Waals surface area (Å²) >= 11 is 1.52. The van der Waals surface area contributed by atoms with E-state index in [0.717, 1.165) is 31.7 Å². The van der Waals surface area contributed by atoms with Crippen molar-refractivity contribution >= 4 is 22.4 Å². The first-order valence-corrected chi connectivity index (χ1v) is 7.06. The van der Waals surface area contributed by atoms with Gasteiger partial charge >= 0.3 is 0 Å². The molecule has 0 amide bonds. The van der Waals surface area contributed by atoms with Crippen LogP contribution < -0.4 is 10.6 Å². The number of nitrogens with two attached hydrogens (primary N) is 1. The van der Waals surface area contributed by atoms with Crippen molar-refractivity contribution in [2.75, 3.05) is 23.7 Å². The Morgan fingerprint density at radius 1 is 1.41 bits per heavy atom. The van der Waals surface area contributed by atoms with Crippen LogP contribution in [-0.4, -0.2) is 28.2 Å². The summed E-state index contributed by atoms with van der Waals surface area (Å²) in [5.74, 6) is 1.37. The van der Waals surface area contributed by atoms with Gasteiger partial charge in [0.1, 0.15) is 10.8 Å². The zero-order chi connectivity index (χ0) is 12.0. The first-order chi connectivity index (χ1) is 8.07. The van der Waals surface area contributed by atoms with Gasteiger partial charge in [0.25, 0.3) is 0 Å². The number of nitrogens with zero attached hydrogens (tertiary/aromatic N) is 2. The number of piperidine rings is 1. The lowest BCUT2D eigenvalue weighted by atomic mass is 9.94. The van der Waals surface area contributed by atoms with Crippen LogP contribution in [0, 0.1) is 0 Å². The predicted octanol–water partition coefficient (Wildman–Crippen LogP) is 1.95. The molecule has 1 aliphatic heterocycles. The topological polar surface area (TPSA) is 62.4 Å². The second kappa shape index (κ2) is 3.85. The van der Waals surface area contributed by atoms with Gasteiger partial charge in [0, 0.05) is 18.7 Å². The van der Waals surface area contributed by atoms with Gasteiger partial charge in [-0.1, -0.05) is 0 Å². The molecule has 0 aromatic carbocycles. The Morgan fingerprint density at radius 3 is 2.65 bits per heavy atom. The lowest BCUT2D eigenvalue weighted by molar-refractivity contribution is 0.0352. The Kier molecular flexibility index (Phi) is 2.56.